The molecular formula is C8H6Br2O2. The Balaban J connectivity index is 3.25. The summed E-state index contributed by atoms with van der Waals surface area (Å²) < 4.78 is 0.819. The summed E-state index contributed by atoms with van der Waals surface area (Å²) >= 11 is 6.54. The quantitative estimate of drug-likeness (QED) is 0.672. The van der Waals surface area contributed by atoms with Crippen LogP contribution in [0.2, 0.25) is 0 Å². The molecule has 0 aliphatic rings. The van der Waals surface area contributed by atoms with E-state index in [4.69, 9.17) is 0 Å². The van der Waals surface area contributed by atoms with Gasteiger partial charge in [0.25, 0.3) is 0 Å². The maximum absolute atomic E-state index is 10.4. The Morgan fingerprint density at radius 3 is 2.67 bits per heavy atom. The molecule has 0 aliphatic carbocycles. The number of halogens is 2. The van der Waals surface area contributed by atoms with Crippen molar-refractivity contribution < 1.29 is 9.90 Å². The Morgan fingerprint density at radius 1 is 1.50 bits per heavy atom. The predicted molar refractivity (Wildman–Crippen MR) is 53.8 cm³/mol. The first kappa shape index (κ1) is 9.74. The van der Waals surface area contributed by atoms with E-state index in [1.807, 2.05) is 0 Å². The lowest BCUT2D eigenvalue weighted by Gasteiger charge is -2.02. The molecule has 0 atom stereocenters. The monoisotopic (exact) mass is 292 g/mol. The third kappa shape index (κ3) is 1.87. The smallest absolute Gasteiger partial charge is 0.153 e. The minimum atomic E-state index is 0.0163. The third-order valence-electron chi connectivity index (χ3n) is 1.47. The molecule has 0 amide bonds. The molecule has 1 aromatic rings. The standard InChI is InChI=1S/C8H6Br2O2/c9-3-5-2-8(12)6(4-11)1-7(5)10/h1-2,4,12H,3H2. The van der Waals surface area contributed by atoms with Crippen LogP contribution in [0.1, 0.15) is 15.9 Å². The number of rotatable bonds is 2. The third-order valence-corrected chi connectivity index (χ3v) is 2.81. The van der Waals surface area contributed by atoms with Crippen molar-refractivity contribution in [3.8, 4) is 5.75 Å². The Kier molecular flexibility index (Phi) is 3.29. The Labute approximate surface area is 86.9 Å². The maximum Gasteiger partial charge on any atom is 0.153 e. The second kappa shape index (κ2) is 4.05. The van der Waals surface area contributed by atoms with Gasteiger partial charge >= 0.3 is 0 Å². The molecule has 0 aliphatic heterocycles. The molecule has 4 heteroatoms. The van der Waals surface area contributed by atoms with Gasteiger partial charge in [-0.25, -0.2) is 0 Å². The molecule has 64 valence electrons. The molecule has 0 saturated heterocycles. The van der Waals surface area contributed by atoms with Gasteiger partial charge in [-0.3, -0.25) is 4.79 Å². The summed E-state index contributed by atoms with van der Waals surface area (Å²) in [4.78, 5) is 10.4. The minimum absolute atomic E-state index is 0.0163. The van der Waals surface area contributed by atoms with Crippen LogP contribution in [-0.4, -0.2) is 11.4 Å². The van der Waals surface area contributed by atoms with E-state index in [9.17, 15) is 9.90 Å². The lowest BCUT2D eigenvalue weighted by atomic mass is 10.1. The molecule has 0 saturated carbocycles. The second-order valence-corrected chi connectivity index (χ2v) is 3.67. The lowest BCUT2D eigenvalue weighted by Crippen LogP contribution is -1.86. The first-order valence-electron chi connectivity index (χ1n) is 3.21. The van der Waals surface area contributed by atoms with Crippen molar-refractivity contribution in [3.63, 3.8) is 0 Å². The number of aromatic hydroxyl groups is 1. The highest BCUT2D eigenvalue weighted by molar-refractivity contribution is 9.10. The van der Waals surface area contributed by atoms with Crippen LogP contribution in [0.15, 0.2) is 16.6 Å². The number of hydrogen-bond donors (Lipinski definition) is 1. The van der Waals surface area contributed by atoms with E-state index in [-0.39, 0.29) is 5.75 Å². The summed E-state index contributed by atoms with van der Waals surface area (Å²) in [6, 6.07) is 3.15. The summed E-state index contributed by atoms with van der Waals surface area (Å²) in [5.41, 5.74) is 1.21. The highest BCUT2D eigenvalue weighted by Crippen LogP contribution is 2.26. The number of phenolic OH excluding ortho intramolecular Hbond substituents is 1. The van der Waals surface area contributed by atoms with E-state index in [1.165, 1.54) is 0 Å². The molecular weight excluding hydrogens is 288 g/mol. The number of carbonyl (C=O) groups is 1. The van der Waals surface area contributed by atoms with Crippen LogP contribution in [0, 0.1) is 0 Å². The van der Waals surface area contributed by atoms with Crippen LogP contribution in [-0.2, 0) is 5.33 Å². The molecule has 2 nitrogen and oxygen atoms in total. The predicted octanol–water partition coefficient (Wildman–Crippen LogP) is 2.86. The number of phenols is 1. The minimum Gasteiger partial charge on any atom is -0.507 e. The molecule has 0 spiro atoms. The molecule has 12 heavy (non-hydrogen) atoms. The van der Waals surface area contributed by atoms with Crippen LogP contribution < -0.4 is 0 Å². The van der Waals surface area contributed by atoms with Gasteiger partial charge in [-0.1, -0.05) is 31.9 Å². The van der Waals surface area contributed by atoms with Gasteiger partial charge in [0.1, 0.15) is 5.75 Å². The maximum atomic E-state index is 10.4. The highest BCUT2D eigenvalue weighted by Gasteiger charge is 2.05. The van der Waals surface area contributed by atoms with Crippen molar-refractivity contribution in [2.45, 2.75) is 5.33 Å². The van der Waals surface area contributed by atoms with Crippen molar-refractivity contribution in [1.82, 2.24) is 0 Å². The fourth-order valence-electron chi connectivity index (χ4n) is 0.817. The van der Waals surface area contributed by atoms with Gasteiger partial charge in [0.2, 0.25) is 0 Å². The summed E-state index contributed by atoms with van der Waals surface area (Å²) in [5.74, 6) is 0.0163. The Morgan fingerprint density at radius 2 is 2.17 bits per heavy atom. The number of aldehydes is 1. The lowest BCUT2D eigenvalue weighted by molar-refractivity contribution is 0.112. The fraction of sp³-hybridized carbons (Fsp3) is 0.125. The molecule has 0 heterocycles. The molecule has 0 radical (unpaired) electrons. The normalized spacial score (nSPS) is 9.83. The molecule has 1 aromatic carbocycles. The molecule has 0 bridgehead atoms. The van der Waals surface area contributed by atoms with Gasteiger partial charge in [0.15, 0.2) is 6.29 Å². The largest absolute Gasteiger partial charge is 0.507 e. The highest BCUT2D eigenvalue weighted by atomic mass is 79.9. The second-order valence-electron chi connectivity index (χ2n) is 2.25. The van der Waals surface area contributed by atoms with Crippen LogP contribution in [0.4, 0.5) is 0 Å². The average molecular weight is 294 g/mol. The fourth-order valence-corrected chi connectivity index (χ4v) is 2.16. The van der Waals surface area contributed by atoms with Gasteiger partial charge in [-0.2, -0.15) is 0 Å². The molecule has 0 unspecified atom stereocenters. The number of benzene rings is 1. The van der Waals surface area contributed by atoms with E-state index in [1.54, 1.807) is 12.1 Å². The summed E-state index contributed by atoms with van der Waals surface area (Å²) in [5, 5.41) is 9.91. The zero-order chi connectivity index (χ0) is 9.14. The van der Waals surface area contributed by atoms with Gasteiger partial charge in [0, 0.05) is 9.80 Å². The van der Waals surface area contributed by atoms with Gasteiger partial charge in [-0.05, 0) is 17.7 Å². The summed E-state index contributed by atoms with van der Waals surface area (Å²) in [6.07, 6.45) is 0.623. The molecule has 0 aromatic heterocycles. The van der Waals surface area contributed by atoms with Gasteiger partial charge in [-0.15, -0.1) is 0 Å². The van der Waals surface area contributed by atoms with E-state index < -0.39 is 0 Å². The zero-order valence-electron chi connectivity index (χ0n) is 6.05. The van der Waals surface area contributed by atoms with Crippen molar-refractivity contribution >= 4 is 38.1 Å². The van der Waals surface area contributed by atoms with Crippen molar-refractivity contribution in [2.24, 2.45) is 0 Å². The molecule has 0 fully saturated rings. The molecule has 1 N–H and O–H groups in total. The first-order chi connectivity index (χ1) is 5.69. The van der Waals surface area contributed by atoms with E-state index >= 15 is 0 Å². The zero-order valence-corrected chi connectivity index (χ0v) is 9.22. The summed E-state index contributed by atoms with van der Waals surface area (Å²) in [6.45, 7) is 0. The number of carbonyl (C=O) groups excluding carboxylic acids is 1. The van der Waals surface area contributed by atoms with Crippen molar-refractivity contribution in [2.75, 3.05) is 0 Å². The Bertz CT molecular complexity index is 310. The van der Waals surface area contributed by atoms with Crippen LogP contribution in [0.3, 0.4) is 0 Å². The topological polar surface area (TPSA) is 37.3 Å². The van der Waals surface area contributed by atoms with Crippen LogP contribution >= 0.6 is 31.9 Å². The molecule has 1 rings (SSSR count). The SMILES string of the molecule is O=Cc1cc(Br)c(CBr)cc1O. The van der Waals surface area contributed by atoms with E-state index in [0.717, 1.165) is 10.0 Å². The Hall–Kier alpha value is -0.350. The van der Waals surface area contributed by atoms with Crippen LogP contribution in [0.5, 0.6) is 5.75 Å². The average Bonchev–Trinajstić information content (AvgIpc) is 2.08. The van der Waals surface area contributed by atoms with Gasteiger partial charge in [0.05, 0.1) is 5.56 Å². The van der Waals surface area contributed by atoms with E-state index in [2.05, 4.69) is 31.9 Å². The summed E-state index contributed by atoms with van der Waals surface area (Å²) in [7, 11) is 0. The number of alkyl halides is 1. The number of hydrogen-bond acceptors (Lipinski definition) is 2. The van der Waals surface area contributed by atoms with Gasteiger partial charge < -0.3 is 5.11 Å². The van der Waals surface area contributed by atoms with Crippen molar-refractivity contribution in [3.05, 3.63) is 27.7 Å². The van der Waals surface area contributed by atoms with Crippen molar-refractivity contribution in [1.29, 1.82) is 0 Å². The first-order valence-corrected chi connectivity index (χ1v) is 5.13. The van der Waals surface area contributed by atoms with E-state index in [0.29, 0.717) is 17.2 Å². The van der Waals surface area contributed by atoms with Crippen LogP contribution in [0.25, 0.3) is 0 Å².